The van der Waals surface area contributed by atoms with E-state index in [2.05, 4.69) is 4.74 Å². The van der Waals surface area contributed by atoms with Gasteiger partial charge in [-0.15, -0.1) is 0 Å². The fraction of sp³-hybridized carbons (Fsp3) is 0.562. The Hall–Kier alpha value is -1.53. The van der Waals surface area contributed by atoms with Crippen LogP contribution in [0.4, 0.5) is 4.79 Å². The van der Waals surface area contributed by atoms with Crippen molar-refractivity contribution in [3.63, 3.8) is 0 Å². The van der Waals surface area contributed by atoms with E-state index in [-0.39, 0.29) is 17.8 Å². The molecular formula is C16H23BO5. The second-order valence-corrected chi connectivity index (χ2v) is 6.46. The largest absolute Gasteiger partial charge is 0.508 e. The van der Waals surface area contributed by atoms with Crippen molar-refractivity contribution in [1.82, 2.24) is 0 Å². The molecule has 1 aliphatic rings. The molecule has 0 unspecified atom stereocenters. The number of hydrogen-bond acceptors (Lipinski definition) is 5. The predicted octanol–water partition coefficient (Wildman–Crippen LogP) is 2.58. The van der Waals surface area contributed by atoms with Crippen LogP contribution >= 0.6 is 0 Å². The molecule has 0 radical (unpaired) electrons. The molecule has 0 bridgehead atoms. The van der Waals surface area contributed by atoms with Gasteiger partial charge in [0.25, 0.3) is 0 Å². The smallest absolute Gasteiger partial charge is 0.438 e. The summed E-state index contributed by atoms with van der Waals surface area (Å²) in [5.74, 6) is 0. The molecule has 0 spiro atoms. The summed E-state index contributed by atoms with van der Waals surface area (Å²) >= 11 is 0. The molecule has 1 aliphatic heterocycles. The molecule has 1 heterocycles. The van der Waals surface area contributed by atoms with Gasteiger partial charge in [0.2, 0.25) is 0 Å². The van der Waals surface area contributed by atoms with Crippen LogP contribution in [0, 0.1) is 6.92 Å². The first-order valence-corrected chi connectivity index (χ1v) is 7.33. The fourth-order valence-corrected chi connectivity index (χ4v) is 2.28. The van der Waals surface area contributed by atoms with Gasteiger partial charge in [0.1, 0.15) is 6.61 Å². The van der Waals surface area contributed by atoms with Crippen LogP contribution in [-0.2, 0) is 25.4 Å². The number of carbonyl (C=O) groups is 1. The first kappa shape index (κ1) is 16.8. The maximum absolute atomic E-state index is 11.1. The van der Waals surface area contributed by atoms with Gasteiger partial charge in [-0.25, -0.2) is 4.79 Å². The maximum atomic E-state index is 11.1. The van der Waals surface area contributed by atoms with E-state index in [1.165, 1.54) is 7.11 Å². The molecule has 1 aromatic carbocycles. The molecule has 6 heteroatoms. The first-order chi connectivity index (χ1) is 10.2. The Kier molecular flexibility index (Phi) is 4.54. The molecule has 0 aromatic heterocycles. The summed E-state index contributed by atoms with van der Waals surface area (Å²) in [7, 11) is 0.860. The van der Waals surface area contributed by atoms with E-state index < -0.39 is 13.3 Å². The molecule has 1 saturated heterocycles. The minimum atomic E-state index is -0.694. The highest BCUT2D eigenvalue weighted by atomic mass is 16.7. The maximum Gasteiger partial charge on any atom is 0.508 e. The quantitative estimate of drug-likeness (QED) is 0.634. The highest BCUT2D eigenvalue weighted by Gasteiger charge is 2.52. The van der Waals surface area contributed by atoms with Crippen LogP contribution in [0.2, 0.25) is 0 Å². The van der Waals surface area contributed by atoms with Crippen molar-refractivity contribution < 1.29 is 23.6 Å². The van der Waals surface area contributed by atoms with Crippen LogP contribution in [0.1, 0.15) is 38.8 Å². The lowest BCUT2D eigenvalue weighted by atomic mass is 9.75. The van der Waals surface area contributed by atoms with E-state index in [9.17, 15) is 4.79 Å². The van der Waals surface area contributed by atoms with Gasteiger partial charge >= 0.3 is 13.3 Å². The molecule has 1 aromatic rings. The average molecular weight is 306 g/mol. The summed E-state index contributed by atoms with van der Waals surface area (Å²) < 4.78 is 21.7. The van der Waals surface area contributed by atoms with Gasteiger partial charge in [-0.2, -0.15) is 0 Å². The van der Waals surface area contributed by atoms with Crippen molar-refractivity contribution in [1.29, 1.82) is 0 Å². The van der Waals surface area contributed by atoms with E-state index in [4.69, 9.17) is 14.0 Å². The van der Waals surface area contributed by atoms with Crippen molar-refractivity contribution in [3.8, 4) is 0 Å². The van der Waals surface area contributed by atoms with Gasteiger partial charge in [-0.05, 0) is 51.2 Å². The van der Waals surface area contributed by atoms with Crippen LogP contribution in [0.3, 0.4) is 0 Å². The molecule has 5 nitrogen and oxygen atoms in total. The van der Waals surface area contributed by atoms with Crippen molar-refractivity contribution in [2.75, 3.05) is 7.11 Å². The Balaban J connectivity index is 2.21. The SMILES string of the molecule is COC(=O)OCc1cccc(B2OC(C)(C)C(C)(C)O2)c1C. The zero-order valence-corrected chi connectivity index (χ0v) is 14.1. The van der Waals surface area contributed by atoms with Gasteiger partial charge in [0.15, 0.2) is 0 Å². The molecular weight excluding hydrogens is 283 g/mol. The van der Waals surface area contributed by atoms with Gasteiger partial charge in [0, 0.05) is 0 Å². The van der Waals surface area contributed by atoms with Crippen molar-refractivity contribution >= 4 is 18.7 Å². The minimum Gasteiger partial charge on any atom is -0.438 e. The average Bonchev–Trinajstić information content (AvgIpc) is 2.65. The Morgan fingerprint density at radius 3 is 2.32 bits per heavy atom. The number of carbonyl (C=O) groups excluding carboxylic acids is 1. The number of benzene rings is 1. The second-order valence-electron chi connectivity index (χ2n) is 6.46. The molecule has 0 saturated carbocycles. The topological polar surface area (TPSA) is 54.0 Å². The molecule has 120 valence electrons. The summed E-state index contributed by atoms with van der Waals surface area (Å²) in [5.41, 5.74) is 2.07. The Labute approximate surface area is 132 Å². The number of rotatable bonds is 3. The highest BCUT2D eigenvalue weighted by Crippen LogP contribution is 2.36. The molecule has 22 heavy (non-hydrogen) atoms. The van der Waals surface area contributed by atoms with Crippen molar-refractivity contribution in [2.45, 2.75) is 52.4 Å². The lowest BCUT2D eigenvalue weighted by molar-refractivity contribution is 0.00578. The normalized spacial score (nSPS) is 19.1. The number of ether oxygens (including phenoxy) is 2. The lowest BCUT2D eigenvalue weighted by Crippen LogP contribution is -2.41. The summed E-state index contributed by atoms with van der Waals surface area (Å²) in [6.45, 7) is 10.2. The summed E-state index contributed by atoms with van der Waals surface area (Å²) in [6.07, 6.45) is -0.694. The predicted molar refractivity (Wildman–Crippen MR) is 84.1 cm³/mol. The van der Waals surface area contributed by atoms with E-state index in [1.54, 1.807) is 0 Å². The van der Waals surface area contributed by atoms with Crippen LogP contribution < -0.4 is 5.46 Å². The molecule has 0 atom stereocenters. The lowest BCUT2D eigenvalue weighted by Gasteiger charge is -2.32. The van der Waals surface area contributed by atoms with Crippen LogP contribution in [0.25, 0.3) is 0 Å². The van der Waals surface area contributed by atoms with Gasteiger partial charge in [-0.3, -0.25) is 0 Å². The van der Waals surface area contributed by atoms with Crippen LogP contribution in [0.5, 0.6) is 0 Å². The second kappa shape index (κ2) is 5.93. The van der Waals surface area contributed by atoms with Gasteiger partial charge in [-0.1, -0.05) is 18.2 Å². The summed E-state index contributed by atoms with van der Waals surface area (Å²) in [6, 6.07) is 5.79. The van der Waals surface area contributed by atoms with Gasteiger partial charge < -0.3 is 18.8 Å². The molecule has 1 fully saturated rings. The molecule has 0 aliphatic carbocycles. The number of methoxy groups -OCH3 is 1. The summed E-state index contributed by atoms with van der Waals surface area (Å²) in [5, 5.41) is 0. The Morgan fingerprint density at radius 1 is 1.18 bits per heavy atom. The minimum absolute atomic E-state index is 0.159. The third kappa shape index (κ3) is 3.13. The van der Waals surface area contributed by atoms with E-state index in [1.807, 2.05) is 52.8 Å². The third-order valence-electron chi connectivity index (χ3n) is 4.51. The van der Waals surface area contributed by atoms with Crippen molar-refractivity contribution in [2.24, 2.45) is 0 Å². The van der Waals surface area contributed by atoms with E-state index in [0.29, 0.717) is 0 Å². The van der Waals surface area contributed by atoms with Crippen molar-refractivity contribution in [3.05, 3.63) is 29.3 Å². The zero-order valence-electron chi connectivity index (χ0n) is 14.1. The molecule has 0 N–H and O–H groups in total. The monoisotopic (exact) mass is 306 g/mol. The fourth-order valence-electron chi connectivity index (χ4n) is 2.28. The Morgan fingerprint density at radius 2 is 1.77 bits per heavy atom. The number of hydrogen-bond donors (Lipinski definition) is 0. The Bertz CT molecular complexity index is 552. The van der Waals surface area contributed by atoms with E-state index in [0.717, 1.165) is 16.6 Å². The van der Waals surface area contributed by atoms with E-state index >= 15 is 0 Å². The third-order valence-corrected chi connectivity index (χ3v) is 4.51. The standard InChI is InChI=1S/C16H23BO5/c1-11-12(10-20-14(18)19-6)8-7-9-13(11)17-21-15(2,3)16(4,5)22-17/h7-9H,10H2,1-6H3. The summed E-state index contributed by atoms with van der Waals surface area (Å²) in [4.78, 5) is 11.1. The van der Waals surface area contributed by atoms with Gasteiger partial charge in [0.05, 0.1) is 18.3 Å². The van der Waals surface area contributed by atoms with Crippen LogP contribution in [0.15, 0.2) is 18.2 Å². The van der Waals surface area contributed by atoms with Crippen LogP contribution in [-0.4, -0.2) is 31.6 Å². The molecule has 2 rings (SSSR count). The zero-order chi connectivity index (χ0) is 16.5. The molecule has 0 amide bonds. The highest BCUT2D eigenvalue weighted by molar-refractivity contribution is 6.62. The first-order valence-electron chi connectivity index (χ1n) is 7.33.